The fourth-order valence-electron chi connectivity index (χ4n) is 2.17. The van der Waals surface area contributed by atoms with E-state index in [0.29, 0.717) is 31.9 Å². The van der Waals surface area contributed by atoms with Gasteiger partial charge in [-0.3, -0.25) is 4.79 Å². The molecule has 0 aliphatic heterocycles. The maximum atomic E-state index is 12.4. The molecule has 0 unspecified atom stereocenters. The average Bonchev–Trinajstić information content (AvgIpc) is 3.15. The lowest BCUT2D eigenvalue weighted by molar-refractivity contribution is 0.0901. The van der Waals surface area contributed by atoms with Gasteiger partial charge in [0.05, 0.1) is 17.8 Å². The number of aryl methyl sites for hydroxylation is 1. The maximum Gasteiger partial charge on any atom is 0.315 e. The molecule has 0 spiro atoms. The van der Waals surface area contributed by atoms with E-state index in [1.54, 1.807) is 12.1 Å². The Morgan fingerprint density at radius 3 is 2.67 bits per heavy atom. The molecule has 1 heterocycles. The first-order chi connectivity index (χ1) is 13.0. The summed E-state index contributed by atoms with van der Waals surface area (Å²) < 4.78 is 39.8. The molecule has 0 fully saturated rings. The molecule has 9 nitrogen and oxygen atoms in total. The van der Waals surface area contributed by atoms with Crippen LogP contribution in [0.5, 0.6) is 5.75 Å². The number of ether oxygens (including phenoxy) is 2. The van der Waals surface area contributed by atoms with Gasteiger partial charge in [-0.1, -0.05) is 5.16 Å². The van der Waals surface area contributed by atoms with E-state index in [-0.39, 0.29) is 28.8 Å². The zero-order valence-electron chi connectivity index (χ0n) is 15.3. The zero-order valence-corrected chi connectivity index (χ0v) is 16.1. The fraction of sp³-hybridized carbons (Fsp3) is 0.471. The number of benzene rings is 1. The molecule has 0 aliphatic carbocycles. The Labute approximate surface area is 158 Å². The van der Waals surface area contributed by atoms with Crippen molar-refractivity contribution >= 4 is 15.7 Å². The highest BCUT2D eigenvalue weighted by molar-refractivity contribution is 7.91. The fourth-order valence-corrected chi connectivity index (χ4v) is 3.41. The first kappa shape index (κ1) is 20.8. The number of nitrogens with one attached hydrogen (secondary N) is 1. The Kier molecular flexibility index (Phi) is 7.74. The lowest BCUT2D eigenvalue weighted by atomic mass is 10.3. The van der Waals surface area contributed by atoms with E-state index in [1.807, 2.05) is 6.92 Å². The molecule has 0 radical (unpaired) electrons. The van der Waals surface area contributed by atoms with E-state index in [4.69, 9.17) is 14.0 Å². The van der Waals surface area contributed by atoms with Gasteiger partial charge in [-0.15, -0.1) is 0 Å². The van der Waals surface area contributed by atoms with Crippen LogP contribution in [0.2, 0.25) is 0 Å². The summed E-state index contributed by atoms with van der Waals surface area (Å²) in [5.74, 6) is -0.157. The van der Waals surface area contributed by atoms with E-state index in [2.05, 4.69) is 15.5 Å². The zero-order chi connectivity index (χ0) is 19.7. The number of nitrogens with zero attached hydrogens (tertiary/aromatic N) is 2. The number of rotatable bonds is 11. The van der Waals surface area contributed by atoms with Crippen molar-refractivity contribution in [2.45, 2.75) is 24.7 Å². The van der Waals surface area contributed by atoms with Gasteiger partial charge < -0.3 is 19.3 Å². The van der Waals surface area contributed by atoms with Crippen molar-refractivity contribution in [2.75, 3.05) is 32.6 Å². The molecular formula is C17H23N3O6S. The van der Waals surface area contributed by atoms with Gasteiger partial charge in [-0.05, 0) is 37.6 Å². The normalized spacial score (nSPS) is 11.3. The standard InChI is InChI=1S/C17H23N3O6S/c1-3-25-11-4-10-18-16(21)17-19-15(20-26-17)9-12-27(22,23)14-7-5-13(24-2)6-8-14/h5-8H,3-4,9-12H2,1-2H3,(H,18,21). The number of amides is 1. The van der Waals surface area contributed by atoms with Crippen LogP contribution in [0.25, 0.3) is 0 Å². The van der Waals surface area contributed by atoms with Gasteiger partial charge >= 0.3 is 11.8 Å². The maximum absolute atomic E-state index is 12.4. The number of methoxy groups -OCH3 is 1. The van der Waals surface area contributed by atoms with Crippen LogP contribution in [-0.2, 0) is 21.0 Å². The summed E-state index contributed by atoms with van der Waals surface area (Å²) in [4.78, 5) is 16.0. The van der Waals surface area contributed by atoms with E-state index < -0.39 is 15.7 Å². The predicted octanol–water partition coefficient (Wildman–Crippen LogP) is 1.25. The van der Waals surface area contributed by atoms with Crippen molar-refractivity contribution in [3.8, 4) is 5.75 Å². The summed E-state index contributed by atoms with van der Waals surface area (Å²) in [5.41, 5.74) is 0. The van der Waals surface area contributed by atoms with Crippen LogP contribution < -0.4 is 10.1 Å². The smallest absolute Gasteiger partial charge is 0.315 e. The number of carbonyl (C=O) groups is 1. The summed E-state index contributed by atoms with van der Waals surface area (Å²) >= 11 is 0. The van der Waals surface area contributed by atoms with Crippen LogP contribution in [0.4, 0.5) is 0 Å². The second-order valence-corrected chi connectivity index (χ2v) is 7.68. The third-order valence-electron chi connectivity index (χ3n) is 3.63. The van der Waals surface area contributed by atoms with Crippen molar-refractivity contribution in [1.82, 2.24) is 15.5 Å². The van der Waals surface area contributed by atoms with E-state index in [1.165, 1.54) is 19.2 Å². The summed E-state index contributed by atoms with van der Waals surface area (Å²) in [6, 6.07) is 6.11. The Hall–Kier alpha value is -2.46. The molecule has 0 bridgehead atoms. The van der Waals surface area contributed by atoms with Crippen LogP contribution in [0.15, 0.2) is 33.7 Å². The van der Waals surface area contributed by atoms with Crippen LogP contribution >= 0.6 is 0 Å². The van der Waals surface area contributed by atoms with Crippen LogP contribution in [0.3, 0.4) is 0 Å². The quantitative estimate of drug-likeness (QED) is 0.563. The summed E-state index contributed by atoms with van der Waals surface area (Å²) in [5, 5.41) is 6.30. The molecule has 0 atom stereocenters. The highest BCUT2D eigenvalue weighted by Crippen LogP contribution is 2.17. The molecular weight excluding hydrogens is 374 g/mol. The molecule has 27 heavy (non-hydrogen) atoms. The minimum atomic E-state index is -3.51. The van der Waals surface area contributed by atoms with Gasteiger partial charge in [-0.2, -0.15) is 4.98 Å². The molecule has 0 aliphatic rings. The minimum absolute atomic E-state index is 0.0372. The number of sulfone groups is 1. The van der Waals surface area contributed by atoms with Crippen molar-refractivity contribution in [3.63, 3.8) is 0 Å². The van der Waals surface area contributed by atoms with Crippen molar-refractivity contribution in [2.24, 2.45) is 0 Å². The molecule has 148 valence electrons. The third kappa shape index (κ3) is 6.33. The minimum Gasteiger partial charge on any atom is -0.497 e. The van der Waals surface area contributed by atoms with E-state index in [9.17, 15) is 13.2 Å². The Morgan fingerprint density at radius 2 is 2.00 bits per heavy atom. The number of hydrogen-bond acceptors (Lipinski definition) is 8. The second-order valence-electron chi connectivity index (χ2n) is 5.57. The van der Waals surface area contributed by atoms with Gasteiger partial charge in [-0.25, -0.2) is 8.42 Å². The molecule has 2 aromatic rings. The molecule has 2 rings (SSSR count). The monoisotopic (exact) mass is 397 g/mol. The lowest BCUT2D eigenvalue weighted by Crippen LogP contribution is -2.25. The number of aromatic nitrogens is 2. The van der Waals surface area contributed by atoms with Crippen LogP contribution in [0.1, 0.15) is 29.9 Å². The molecule has 1 N–H and O–H groups in total. The summed E-state index contributed by atoms with van der Waals surface area (Å²) in [6.07, 6.45) is 0.705. The first-order valence-corrected chi connectivity index (χ1v) is 10.2. The van der Waals surface area contributed by atoms with Crippen molar-refractivity contribution < 1.29 is 27.2 Å². The molecule has 10 heteroatoms. The predicted molar refractivity (Wildman–Crippen MR) is 96.5 cm³/mol. The molecule has 1 aromatic carbocycles. The van der Waals surface area contributed by atoms with Gasteiger partial charge in [0.1, 0.15) is 5.75 Å². The van der Waals surface area contributed by atoms with Gasteiger partial charge in [0, 0.05) is 26.2 Å². The molecule has 1 amide bonds. The number of hydrogen-bond donors (Lipinski definition) is 1. The summed E-state index contributed by atoms with van der Waals surface area (Å²) in [7, 11) is -2.00. The SMILES string of the molecule is CCOCCCNC(=O)c1nc(CCS(=O)(=O)c2ccc(OC)cc2)no1. The molecule has 1 aromatic heterocycles. The molecule has 0 saturated heterocycles. The van der Waals surface area contributed by atoms with E-state index in [0.717, 1.165) is 0 Å². The highest BCUT2D eigenvalue weighted by Gasteiger charge is 2.19. The van der Waals surface area contributed by atoms with Gasteiger partial charge in [0.15, 0.2) is 15.7 Å². The molecule has 0 saturated carbocycles. The van der Waals surface area contributed by atoms with Gasteiger partial charge in [0.2, 0.25) is 0 Å². The summed E-state index contributed by atoms with van der Waals surface area (Å²) in [6.45, 7) is 3.49. The van der Waals surface area contributed by atoms with E-state index >= 15 is 0 Å². The van der Waals surface area contributed by atoms with Crippen molar-refractivity contribution in [1.29, 1.82) is 0 Å². The van der Waals surface area contributed by atoms with Gasteiger partial charge in [0.25, 0.3) is 0 Å². The Balaban J connectivity index is 1.86. The average molecular weight is 397 g/mol. The lowest BCUT2D eigenvalue weighted by Gasteiger charge is -2.04. The largest absolute Gasteiger partial charge is 0.497 e. The topological polar surface area (TPSA) is 121 Å². The second kappa shape index (κ2) is 10.0. The van der Waals surface area contributed by atoms with Crippen LogP contribution in [0, 0.1) is 0 Å². The Morgan fingerprint density at radius 1 is 1.26 bits per heavy atom. The highest BCUT2D eigenvalue weighted by atomic mass is 32.2. The number of carbonyl (C=O) groups excluding carboxylic acids is 1. The Bertz CT molecular complexity index is 833. The van der Waals surface area contributed by atoms with Crippen molar-refractivity contribution in [3.05, 3.63) is 36.0 Å². The third-order valence-corrected chi connectivity index (χ3v) is 5.36. The van der Waals surface area contributed by atoms with Crippen LogP contribution in [-0.4, -0.2) is 57.1 Å². The first-order valence-electron chi connectivity index (χ1n) is 8.51.